The zero-order valence-electron chi connectivity index (χ0n) is 10.4. The lowest BCUT2D eigenvalue weighted by Gasteiger charge is -2.07. The van der Waals surface area contributed by atoms with E-state index in [0.29, 0.717) is 31.5 Å². The molecule has 1 aromatic carbocycles. The standard InChI is InChI=1S/C13H8Br2N4O2/c14-6-4-9-10(19-13(21)18-9)5-8(6)17-12(20)7-2-1-3-11(15)16-7/h1-5H,(H,17,20)(H2,18,19,21). The zero-order chi connectivity index (χ0) is 15.0. The first-order valence-electron chi connectivity index (χ1n) is 5.88. The van der Waals surface area contributed by atoms with Gasteiger partial charge in [-0.2, -0.15) is 0 Å². The molecule has 6 nitrogen and oxygen atoms in total. The van der Waals surface area contributed by atoms with Crippen molar-refractivity contribution in [1.29, 1.82) is 0 Å². The maximum Gasteiger partial charge on any atom is 0.323 e. The van der Waals surface area contributed by atoms with Crippen LogP contribution in [0.5, 0.6) is 0 Å². The van der Waals surface area contributed by atoms with E-state index in [9.17, 15) is 9.59 Å². The summed E-state index contributed by atoms with van der Waals surface area (Å²) in [6.45, 7) is 0. The van der Waals surface area contributed by atoms with Crippen LogP contribution in [0, 0.1) is 0 Å². The summed E-state index contributed by atoms with van der Waals surface area (Å²) in [6, 6.07) is 8.48. The maximum absolute atomic E-state index is 12.2. The van der Waals surface area contributed by atoms with Gasteiger partial charge in [0, 0.05) is 4.47 Å². The van der Waals surface area contributed by atoms with Gasteiger partial charge in [-0.1, -0.05) is 6.07 Å². The first-order chi connectivity index (χ1) is 10.0. The van der Waals surface area contributed by atoms with E-state index in [1.54, 1.807) is 30.3 Å². The summed E-state index contributed by atoms with van der Waals surface area (Å²) in [7, 11) is 0. The van der Waals surface area contributed by atoms with E-state index in [4.69, 9.17) is 0 Å². The minimum Gasteiger partial charge on any atom is -0.320 e. The molecule has 0 unspecified atom stereocenters. The summed E-state index contributed by atoms with van der Waals surface area (Å²) in [5, 5.41) is 2.75. The van der Waals surface area contributed by atoms with Gasteiger partial charge in [0.1, 0.15) is 10.3 Å². The first kappa shape index (κ1) is 14.0. The van der Waals surface area contributed by atoms with Gasteiger partial charge in [0.25, 0.3) is 5.91 Å². The maximum atomic E-state index is 12.2. The van der Waals surface area contributed by atoms with Crippen molar-refractivity contribution in [2.75, 3.05) is 5.32 Å². The molecule has 0 fully saturated rings. The SMILES string of the molecule is O=C(Nc1cc2[nH]c(=O)[nH]c2cc1Br)c1cccc(Br)n1. The second-order valence-corrected chi connectivity index (χ2v) is 5.92. The predicted octanol–water partition coefficient (Wildman–Crippen LogP) is 3.03. The Hall–Kier alpha value is -1.93. The van der Waals surface area contributed by atoms with Crippen molar-refractivity contribution in [2.24, 2.45) is 0 Å². The Morgan fingerprint density at radius 1 is 1.14 bits per heavy atom. The topological polar surface area (TPSA) is 90.6 Å². The fraction of sp³-hybridized carbons (Fsp3) is 0. The highest BCUT2D eigenvalue weighted by atomic mass is 79.9. The average molecular weight is 412 g/mol. The summed E-state index contributed by atoms with van der Waals surface area (Å²) >= 11 is 6.58. The molecule has 0 radical (unpaired) electrons. The summed E-state index contributed by atoms with van der Waals surface area (Å²) in [6.07, 6.45) is 0. The minimum absolute atomic E-state index is 0.291. The number of fused-ring (bicyclic) bond motifs is 1. The van der Waals surface area contributed by atoms with Crippen LogP contribution in [-0.2, 0) is 0 Å². The van der Waals surface area contributed by atoms with E-state index in [1.807, 2.05) is 0 Å². The van der Waals surface area contributed by atoms with Gasteiger partial charge in [-0.05, 0) is 56.1 Å². The third-order valence-electron chi connectivity index (χ3n) is 2.80. The molecular formula is C13H8Br2N4O2. The van der Waals surface area contributed by atoms with Gasteiger partial charge in [0.15, 0.2) is 0 Å². The predicted molar refractivity (Wildman–Crippen MR) is 86.5 cm³/mol. The van der Waals surface area contributed by atoms with Crippen LogP contribution in [0.4, 0.5) is 5.69 Å². The summed E-state index contributed by atoms with van der Waals surface area (Å²) in [5.41, 5.74) is 1.81. The molecule has 0 atom stereocenters. The number of carbonyl (C=O) groups excluding carboxylic acids is 1. The van der Waals surface area contributed by atoms with Crippen LogP contribution < -0.4 is 11.0 Å². The van der Waals surface area contributed by atoms with Gasteiger partial charge in [-0.15, -0.1) is 0 Å². The van der Waals surface area contributed by atoms with Crippen molar-refractivity contribution in [3.63, 3.8) is 0 Å². The van der Waals surface area contributed by atoms with Crippen LogP contribution in [0.3, 0.4) is 0 Å². The van der Waals surface area contributed by atoms with Crippen LogP contribution in [0.1, 0.15) is 10.5 Å². The van der Waals surface area contributed by atoms with Crippen LogP contribution >= 0.6 is 31.9 Å². The summed E-state index contributed by atoms with van der Waals surface area (Å²) in [5.74, 6) is -0.339. The molecule has 21 heavy (non-hydrogen) atoms. The number of nitrogens with zero attached hydrogens (tertiary/aromatic N) is 1. The molecule has 3 N–H and O–H groups in total. The molecular weight excluding hydrogens is 404 g/mol. The Kier molecular flexibility index (Phi) is 3.64. The van der Waals surface area contributed by atoms with Gasteiger partial charge in [0.2, 0.25) is 0 Å². The number of H-pyrrole nitrogens is 2. The highest BCUT2D eigenvalue weighted by Gasteiger charge is 2.11. The quantitative estimate of drug-likeness (QED) is 0.566. The number of carbonyl (C=O) groups is 1. The Bertz CT molecular complexity index is 901. The van der Waals surface area contributed by atoms with E-state index in [0.717, 1.165) is 0 Å². The van der Waals surface area contributed by atoms with Gasteiger partial charge < -0.3 is 15.3 Å². The molecule has 3 aromatic rings. The molecule has 2 aromatic heterocycles. The Labute approximate surface area is 135 Å². The van der Waals surface area contributed by atoms with Gasteiger partial charge >= 0.3 is 5.69 Å². The number of halogens is 2. The van der Waals surface area contributed by atoms with Crippen molar-refractivity contribution >= 4 is 54.5 Å². The van der Waals surface area contributed by atoms with E-state index in [1.165, 1.54) is 0 Å². The van der Waals surface area contributed by atoms with E-state index < -0.39 is 0 Å². The molecule has 0 aliphatic rings. The zero-order valence-corrected chi connectivity index (χ0v) is 13.6. The van der Waals surface area contributed by atoms with Crippen LogP contribution in [0.25, 0.3) is 11.0 Å². The number of aromatic amines is 2. The van der Waals surface area contributed by atoms with Gasteiger partial charge in [0.05, 0.1) is 16.7 Å². The van der Waals surface area contributed by atoms with E-state index in [2.05, 4.69) is 52.1 Å². The molecule has 106 valence electrons. The smallest absolute Gasteiger partial charge is 0.320 e. The van der Waals surface area contributed by atoms with Crippen LogP contribution in [0.2, 0.25) is 0 Å². The molecule has 8 heteroatoms. The average Bonchev–Trinajstić information content (AvgIpc) is 2.78. The Balaban J connectivity index is 1.95. The second kappa shape index (κ2) is 5.45. The third kappa shape index (κ3) is 2.91. The highest BCUT2D eigenvalue weighted by molar-refractivity contribution is 9.10. The molecule has 0 bridgehead atoms. The minimum atomic E-state index is -0.339. The third-order valence-corrected chi connectivity index (χ3v) is 3.90. The Morgan fingerprint density at radius 3 is 2.57 bits per heavy atom. The number of benzene rings is 1. The van der Waals surface area contributed by atoms with Crippen molar-refractivity contribution in [3.8, 4) is 0 Å². The largest absolute Gasteiger partial charge is 0.323 e. The number of rotatable bonds is 2. The number of hydrogen-bond acceptors (Lipinski definition) is 3. The number of aromatic nitrogens is 3. The fourth-order valence-electron chi connectivity index (χ4n) is 1.87. The molecule has 0 aliphatic carbocycles. The fourth-order valence-corrected chi connectivity index (χ4v) is 2.66. The number of anilines is 1. The molecule has 0 aliphatic heterocycles. The summed E-state index contributed by atoms with van der Waals surface area (Å²) < 4.78 is 1.24. The number of imidazole rings is 1. The first-order valence-corrected chi connectivity index (χ1v) is 7.47. The monoisotopic (exact) mass is 410 g/mol. The van der Waals surface area contributed by atoms with Crippen molar-refractivity contribution in [3.05, 3.63) is 55.6 Å². The number of pyridine rings is 1. The van der Waals surface area contributed by atoms with Gasteiger partial charge in [-0.25, -0.2) is 9.78 Å². The molecule has 1 amide bonds. The second-order valence-electron chi connectivity index (χ2n) is 4.26. The van der Waals surface area contributed by atoms with Crippen molar-refractivity contribution < 1.29 is 4.79 Å². The van der Waals surface area contributed by atoms with Crippen molar-refractivity contribution in [2.45, 2.75) is 0 Å². The van der Waals surface area contributed by atoms with E-state index >= 15 is 0 Å². The van der Waals surface area contributed by atoms with E-state index in [-0.39, 0.29) is 11.6 Å². The van der Waals surface area contributed by atoms with Crippen LogP contribution in [0.15, 0.2) is 44.2 Å². The van der Waals surface area contributed by atoms with Gasteiger partial charge in [-0.3, -0.25) is 4.79 Å². The summed E-state index contributed by atoms with van der Waals surface area (Å²) in [4.78, 5) is 32.8. The van der Waals surface area contributed by atoms with Crippen LogP contribution in [-0.4, -0.2) is 20.9 Å². The number of nitrogens with one attached hydrogen (secondary N) is 3. The lowest BCUT2D eigenvalue weighted by molar-refractivity contribution is 0.102. The molecule has 0 saturated carbocycles. The van der Waals surface area contributed by atoms with Crippen molar-refractivity contribution in [1.82, 2.24) is 15.0 Å². The molecule has 2 heterocycles. The lowest BCUT2D eigenvalue weighted by atomic mass is 10.2. The lowest BCUT2D eigenvalue weighted by Crippen LogP contribution is -2.14. The molecule has 3 rings (SSSR count). The highest BCUT2D eigenvalue weighted by Crippen LogP contribution is 2.26. The molecule has 0 spiro atoms. The Morgan fingerprint density at radius 2 is 1.86 bits per heavy atom. The number of hydrogen-bond donors (Lipinski definition) is 3. The molecule has 0 saturated heterocycles. The normalized spacial score (nSPS) is 10.8. The number of amides is 1.